The summed E-state index contributed by atoms with van der Waals surface area (Å²) in [4.78, 5) is 16.5. The maximum Gasteiger partial charge on any atom is 0.234 e. The molecule has 0 atom stereocenters. The highest BCUT2D eigenvalue weighted by Gasteiger charge is 2.17. The largest absolute Gasteiger partial charge is 0.508 e. The van der Waals surface area contributed by atoms with Gasteiger partial charge in [-0.2, -0.15) is 0 Å². The number of para-hydroxylation sites is 1. The van der Waals surface area contributed by atoms with E-state index in [0.717, 1.165) is 11.3 Å². The summed E-state index contributed by atoms with van der Waals surface area (Å²) in [5.74, 6) is 0.694. The van der Waals surface area contributed by atoms with E-state index in [0.29, 0.717) is 16.7 Å². The molecule has 4 aromatic rings. The van der Waals surface area contributed by atoms with E-state index in [1.807, 2.05) is 47.0 Å². The van der Waals surface area contributed by atoms with Gasteiger partial charge in [0.25, 0.3) is 0 Å². The van der Waals surface area contributed by atoms with Crippen LogP contribution in [0.15, 0.2) is 84.3 Å². The zero-order valence-corrected chi connectivity index (χ0v) is 16.1. The van der Waals surface area contributed by atoms with Crippen LogP contribution in [0, 0.1) is 0 Å². The molecule has 29 heavy (non-hydrogen) atoms. The fourth-order valence-electron chi connectivity index (χ4n) is 2.77. The number of pyridine rings is 1. The van der Waals surface area contributed by atoms with Gasteiger partial charge in [0.1, 0.15) is 5.75 Å². The van der Waals surface area contributed by atoms with Crippen LogP contribution in [0.5, 0.6) is 5.75 Å². The number of benzene rings is 2. The van der Waals surface area contributed by atoms with Crippen LogP contribution >= 0.6 is 11.8 Å². The summed E-state index contributed by atoms with van der Waals surface area (Å²) in [5.41, 5.74) is 2.27. The molecular formula is C21H17N5O2S. The molecule has 0 saturated carbocycles. The number of carbonyl (C=O) groups excluding carboxylic acids is 1. The number of hydrogen-bond donors (Lipinski definition) is 2. The van der Waals surface area contributed by atoms with Crippen LogP contribution in [0.25, 0.3) is 17.1 Å². The van der Waals surface area contributed by atoms with E-state index in [9.17, 15) is 9.90 Å². The monoisotopic (exact) mass is 403 g/mol. The number of hydrogen-bond acceptors (Lipinski definition) is 6. The number of amides is 1. The van der Waals surface area contributed by atoms with Crippen molar-refractivity contribution in [1.82, 2.24) is 19.7 Å². The third-order valence-electron chi connectivity index (χ3n) is 4.03. The summed E-state index contributed by atoms with van der Waals surface area (Å²) in [6.45, 7) is 0. The first kappa shape index (κ1) is 18.7. The standard InChI is InChI=1S/C21H17N5O2S/c27-18-10-4-7-16(12-18)23-19(28)14-29-21-25-24-20(15-6-5-11-22-13-15)26(21)17-8-2-1-3-9-17/h1-13,27H,14H2,(H,23,28). The first-order valence-corrected chi connectivity index (χ1v) is 9.82. The van der Waals surface area contributed by atoms with Gasteiger partial charge in [-0.15, -0.1) is 10.2 Å². The van der Waals surface area contributed by atoms with Crippen LogP contribution in [0.4, 0.5) is 5.69 Å². The summed E-state index contributed by atoms with van der Waals surface area (Å²) in [6.07, 6.45) is 3.43. The number of phenols is 1. The average molecular weight is 403 g/mol. The molecule has 0 aliphatic rings. The Bertz CT molecular complexity index is 1120. The van der Waals surface area contributed by atoms with E-state index in [-0.39, 0.29) is 17.4 Å². The van der Waals surface area contributed by atoms with Gasteiger partial charge in [-0.25, -0.2) is 0 Å². The molecule has 4 rings (SSSR count). The molecule has 8 heteroatoms. The van der Waals surface area contributed by atoms with Gasteiger partial charge in [-0.3, -0.25) is 14.3 Å². The van der Waals surface area contributed by atoms with Crippen molar-refractivity contribution in [2.24, 2.45) is 0 Å². The topological polar surface area (TPSA) is 92.9 Å². The molecule has 2 heterocycles. The Morgan fingerprint density at radius 3 is 2.66 bits per heavy atom. The van der Waals surface area contributed by atoms with E-state index in [1.165, 1.54) is 17.8 Å². The zero-order chi connectivity index (χ0) is 20.1. The minimum atomic E-state index is -0.203. The van der Waals surface area contributed by atoms with Crippen LogP contribution in [0.1, 0.15) is 0 Å². The fraction of sp³-hybridized carbons (Fsp3) is 0.0476. The minimum Gasteiger partial charge on any atom is -0.508 e. The van der Waals surface area contributed by atoms with Gasteiger partial charge in [0.2, 0.25) is 5.91 Å². The maximum absolute atomic E-state index is 12.3. The average Bonchev–Trinajstić information content (AvgIpc) is 3.17. The molecule has 0 fully saturated rings. The van der Waals surface area contributed by atoms with E-state index < -0.39 is 0 Å². The van der Waals surface area contributed by atoms with Crippen LogP contribution in [-0.4, -0.2) is 36.5 Å². The van der Waals surface area contributed by atoms with Crippen LogP contribution in [-0.2, 0) is 4.79 Å². The lowest BCUT2D eigenvalue weighted by molar-refractivity contribution is -0.113. The van der Waals surface area contributed by atoms with Gasteiger partial charge in [0.15, 0.2) is 11.0 Å². The number of thioether (sulfide) groups is 1. The van der Waals surface area contributed by atoms with Gasteiger partial charge >= 0.3 is 0 Å². The SMILES string of the molecule is O=C(CSc1nnc(-c2cccnc2)n1-c1ccccc1)Nc1cccc(O)c1. The van der Waals surface area contributed by atoms with Crippen LogP contribution < -0.4 is 5.32 Å². The number of phenolic OH excluding ortho intramolecular Hbond substituents is 1. The highest BCUT2D eigenvalue weighted by Crippen LogP contribution is 2.27. The van der Waals surface area contributed by atoms with Gasteiger partial charge < -0.3 is 10.4 Å². The number of aromatic hydroxyl groups is 1. The molecule has 0 saturated heterocycles. The lowest BCUT2D eigenvalue weighted by Crippen LogP contribution is -2.14. The summed E-state index contributed by atoms with van der Waals surface area (Å²) in [5, 5.41) is 21.5. The van der Waals surface area contributed by atoms with Crippen molar-refractivity contribution < 1.29 is 9.90 Å². The van der Waals surface area contributed by atoms with Gasteiger partial charge in [-0.1, -0.05) is 36.0 Å². The van der Waals surface area contributed by atoms with Crippen molar-refractivity contribution in [3.8, 4) is 22.8 Å². The summed E-state index contributed by atoms with van der Waals surface area (Å²) in [7, 11) is 0. The first-order chi connectivity index (χ1) is 14.2. The van der Waals surface area contributed by atoms with Crippen LogP contribution in [0.2, 0.25) is 0 Å². The van der Waals surface area contributed by atoms with Crippen molar-refractivity contribution in [3.05, 3.63) is 79.1 Å². The second kappa shape index (κ2) is 8.57. The van der Waals surface area contributed by atoms with Crippen LogP contribution in [0.3, 0.4) is 0 Å². The second-order valence-corrected chi connectivity index (χ2v) is 7.05. The maximum atomic E-state index is 12.3. The Hall–Kier alpha value is -3.65. The molecule has 0 bridgehead atoms. The number of nitrogens with zero attached hydrogens (tertiary/aromatic N) is 4. The minimum absolute atomic E-state index is 0.0976. The van der Waals surface area contributed by atoms with Crippen molar-refractivity contribution in [2.75, 3.05) is 11.1 Å². The Balaban J connectivity index is 1.57. The zero-order valence-electron chi connectivity index (χ0n) is 15.3. The molecule has 0 radical (unpaired) electrons. The third-order valence-corrected chi connectivity index (χ3v) is 4.96. The number of aromatic nitrogens is 4. The molecule has 144 valence electrons. The molecule has 1 amide bonds. The van der Waals surface area contributed by atoms with E-state index in [2.05, 4.69) is 20.5 Å². The highest BCUT2D eigenvalue weighted by molar-refractivity contribution is 7.99. The third kappa shape index (κ3) is 4.44. The van der Waals surface area contributed by atoms with E-state index in [1.54, 1.807) is 30.6 Å². The molecular weight excluding hydrogens is 386 g/mol. The predicted octanol–water partition coefficient (Wildman–Crippen LogP) is 3.77. The normalized spacial score (nSPS) is 10.6. The molecule has 0 unspecified atom stereocenters. The Kier molecular flexibility index (Phi) is 5.53. The quantitative estimate of drug-likeness (QED) is 0.476. The summed E-state index contributed by atoms with van der Waals surface area (Å²) >= 11 is 1.28. The molecule has 2 aromatic carbocycles. The molecule has 0 aliphatic carbocycles. The summed E-state index contributed by atoms with van der Waals surface area (Å²) < 4.78 is 1.91. The highest BCUT2D eigenvalue weighted by atomic mass is 32.2. The Morgan fingerprint density at radius 1 is 1.03 bits per heavy atom. The van der Waals surface area contributed by atoms with E-state index >= 15 is 0 Å². The van der Waals surface area contributed by atoms with Gasteiger partial charge in [0, 0.05) is 35.4 Å². The molecule has 7 nitrogen and oxygen atoms in total. The van der Waals surface area contributed by atoms with Crippen molar-refractivity contribution in [3.63, 3.8) is 0 Å². The predicted molar refractivity (Wildman–Crippen MR) is 112 cm³/mol. The molecule has 0 aliphatic heterocycles. The lowest BCUT2D eigenvalue weighted by atomic mass is 10.2. The Morgan fingerprint density at radius 2 is 1.90 bits per heavy atom. The molecule has 2 aromatic heterocycles. The molecule has 2 N–H and O–H groups in total. The Labute approximate surface area is 171 Å². The van der Waals surface area contributed by atoms with Gasteiger partial charge in [-0.05, 0) is 36.4 Å². The fourth-order valence-corrected chi connectivity index (χ4v) is 3.52. The summed E-state index contributed by atoms with van der Waals surface area (Å²) in [6, 6.07) is 19.9. The molecule has 0 spiro atoms. The number of rotatable bonds is 6. The number of carbonyl (C=O) groups is 1. The van der Waals surface area contributed by atoms with Crippen molar-refractivity contribution >= 4 is 23.4 Å². The number of anilines is 1. The number of nitrogens with one attached hydrogen (secondary N) is 1. The van der Waals surface area contributed by atoms with Gasteiger partial charge in [0.05, 0.1) is 5.75 Å². The first-order valence-electron chi connectivity index (χ1n) is 8.83. The second-order valence-electron chi connectivity index (χ2n) is 6.11. The lowest BCUT2D eigenvalue weighted by Gasteiger charge is -2.10. The van der Waals surface area contributed by atoms with E-state index in [4.69, 9.17) is 0 Å². The smallest absolute Gasteiger partial charge is 0.234 e. The van der Waals surface area contributed by atoms with Crippen molar-refractivity contribution in [2.45, 2.75) is 5.16 Å². The van der Waals surface area contributed by atoms with Crippen molar-refractivity contribution in [1.29, 1.82) is 0 Å².